The van der Waals surface area contributed by atoms with Crippen LogP contribution in [0.2, 0.25) is 0 Å². The Balaban J connectivity index is 1.48. The zero-order valence-corrected chi connectivity index (χ0v) is 12.9. The molecule has 2 saturated carbocycles. The summed E-state index contributed by atoms with van der Waals surface area (Å²) in [5.74, 6) is 4.13. The molecule has 5 atom stereocenters. The first-order valence-corrected chi connectivity index (χ1v) is 8.72. The van der Waals surface area contributed by atoms with Crippen molar-refractivity contribution in [2.75, 3.05) is 26.2 Å². The number of hydrogen-bond acceptors (Lipinski definition) is 2. The predicted molar refractivity (Wildman–Crippen MR) is 81.2 cm³/mol. The third-order valence-electron chi connectivity index (χ3n) is 6.15. The van der Waals surface area contributed by atoms with Gasteiger partial charge in [0.2, 0.25) is 0 Å². The van der Waals surface area contributed by atoms with Gasteiger partial charge in [-0.25, -0.2) is 0 Å². The van der Waals surface area contributed by atoms with Gasteiger partial charge >= 0.3 is 0 Å². The summed E-state index contributed by atoms with van der Waals surface area (Å²) in [6.45, 7) is 9.85. The summed E-state index contributed by atoms with van der Waals surface area (Å²) in [7, 11) is 0. The molecule has 0 aromatic rings. The Hall–Kier alpha value is -0.0800. The molecular formula is C17H32N2. The largest absolute Gasteiger partial charge is 0.314 e. The lowest BCUT2D eigenvalue weighted by Gasteiger charge is -2.38. The lowest BCUT2D eigenvalue weighted by molar-refractivity contribution is 0.117. The van der Waals surface area contributed by atoms with E-state index in [0.717, 1.165) is 30.2 Å². The smallest absolute Gasteiger partial charge is 0.00791 e. The molecule has 3 rings (SSSR count). The van der Waals surface area contributed by atoms with Crippen LogP contribution in [0.4, 0.5) is 0 Å². The summed E-state index contributed by atoms with van der Waals surface area (Å²) in [6.07, 6.45) is 9.05. The second kappa shape index (κ2) is 6.13. The van der Waals surface area contributed by atoms with Crippen LogP contribution in [-0.4, -0.2) is 37.1 Å². The molecule has 2 nitrogen and oxygen atoms in total. The Bertz CT molecular complexity index is 291. The molecule has 1 heterocycles. The molecule has 0 aromatic carbocycles. The van der Waals surface area contributed by atoms with Gasteiger partial charge in [0.15, 0.2) is 0 Å². The molecule has 1 saturated heterocycles. The number of hydrogen-bond donors (Lipinski definition) is 1. The fraction of sp³-hybridized carbons (Fsp3) is 1.00. The van der Waals surface area contributed by atoms with Crippen molar-refractivity contribution in [1.82, 2.24) is 10.2 Å². The van der Waals surface area contributed by atoms with Gasteiger partial charge in [0.1, 0.15) is 0 Å². The minimum Gasteiger partial charge on any atom is -0.314 e. The SMILES string of the molecule is CCNC(C)C1CCCN(CC2CC3CCC2C3)C1. The number of nitrogens with one attached hydrogen (secondary N) is 1. The van der Waals surface area contributed by atoms with Crippen molar-refractivity contribution in [3.05, 3.63) is 0 Å². The minimum absolute atomic E-state index is 0.702. The Morgan fingerprint density at radius 2 is 2.11 bits per heavy atom. The van der Waals surface area contributed by atoms with Crippen molar-refractivity contribution in [3.8, 4) is 0 Å². The average Bonchev–Trinajstić information content (AvgIpc) is 3.02. The second-order valence-electron chi connectivity index (χ2n) is 7.44. The predicted octanol–water partition coefficient (Wildman–Crippen LogP) is 3.13. The second-order valence-corrected chi connectivity index (χ2v) is 7.44. The maximum absolute atomic E-state index is 3.63. The Kier molecular flexibility index (Phi) is 4.48. The minimum atomic E-state index is 0.702. The van der Waals surface area contributed by atoms with Gasteiger partial charge in [0, 0.05) is 19.1 Å². The van der Waals surface area contributed by atoms with Gasteiger partial charge in [-0.1, -0.05) is 13.3 Å². The molecule has 3 aliphatic rings. The van der Waals surface area contributed by atoms with Gasteiger partial charge in [-0.3, -0.25) is 0 Å². The van der Waals surface area contributed by atoms with Gasteiger partial charge in [-0.2, -0.15) is 0 Å². The van der Waals surface area contributed by atoms with Gasteiger partial charge in [-0.05, 0) is 75.8 Å². The van der Waals surface area contributed by atoms with Crippen LogP contribution in [0.5, 0.6) is 0 Å². The van der Waals surface area contributed by atoms with Crippen LogP contribution in [-0.2, 0) is 0 Å². The molecule has 5 unspecified atom stereocenters. The third kappa shape index (κ3) is 3.16. The Morgan fingerprint density at radius 1 is 1.21 bits per heavy atom. The Labute approximate surface area is 119 Å². The molecule has 2 bridgehead atoms. The van der Waals surface area contributed by atoms with Crippen LogP contribution in [0.1, 0.15) is 52.4 Å². The van der Waals surface area contributed by atoms with Crippen molar-refractivity contribution in [2.24, 2.45) is 23.7 Å². The summed E-state index contributed by atoms with van der Waals surface area (Å²) < 4.78 is 0. The summed E-state index contributed by atoms with van der Waals surface area (Å²) in [5.41, 5.74) is 0. The first kappa shape index (κ1) is 13.9. The summed E-state index contributed by atoms with van der Waals surface area (Å²) in [5, 5.41) is 3.63. The molecule has 19 heavy (non-hydrogen) atoms. The maximum Gasteiger partial charge on any atom is 0.00791 e. The molecule has 1 aliphatic heterocycles. The summed E-state index contributed by atoms with van der Waals surface area (Å²) in [6, 6.07) is 0.702. The zero-order chi connectivity index (χ0) is 13.2. The van der Waals surface area contributed by atoms with Crippen molar-refractivity contribution < 1.29 is 0 Å². The highest BCUT2D eigenvalue weighted by molar-refractivity contribution is 4.92. The van der Waals surface area contributed by atoms with Gasteiger partial charge < -0.3 is 10.2 Å². The number of piperidine rings is 1. The van der Waals surface area contributed by atoms with Gasteiger partial charge in [0.25, 0.3) is 0 Å². The fourth-order valence-electron chi connectivity index (χ4n) is 5.09. The average molecular weight is 264 g/mol. The Morgan fingerprint density at radius 3 is 2.79 bits per heavy atom. The molecule has 110 valence electrons. The molecule has 0 aromatic heterocycles. The number of nitrogens with zero attached hydrogens (tertiary/aromatic N) is 1. The highest BCUT2D eigenvalue weighted by Gasteiger charge is 2.40. The number of fused-ring (bicyclic) bond motifs is 2. The van der Waals surface area contributed by atoms with Crippen LogP contribution in [0.3, 0.4) is 0 Å². The van der Waals surface area contributed by atoms with Crippen molar-refractivity contribution in [2.45, 2.75) is 58.4 Å². The fourth-order valence-corrected chi connectivity index (χ4v) is 5.09. The highest BCUT2D eigenvalue weighted by atomic mass is 15.1. The topological polar surface area (TPSA) is 15.3 Å². The zero-order valence-electron chi connectivity index (χ0n) is 12.9. The van der Waals surface area contributed by atoms with Crippen LogP contribution in [0.15, 0.2) is 0 Å². The lowest BCUT2D eigenvalue weighted by atomic mass is 9.86. The standard InChI is InChI=1S/C17H32N2/c1-3-18-13(2)16-5-4-8-19(11-16)12-17-10-14-6-7-15(17)9-14/h13-18H,3-12H2,1-2H3. The van der Waals surface area contributed by atoms with E-state index in [9.17, 15) is 0 Å². The third-order valence-corrected chi connectivity index (χ3v) is 6.15. The van der Waals surface area contributed by atoms with Crippen molar-refractivity contribution in [1.29, 1.82) is 0 Å². The first-order chi connectivity index (χ1) is 9.26. The van der Waals surface area contributed by atoms with E-state index in [1.54, 1.807) is 25.7 Å². The molecule has 1 N–H and O–H groups in total. The lowest BCUT2D eigenvalue weighted by Crippen LogP contribution is -2.46. The first-order valence-electron chi connectivity index (χ1n) is 8.72. The van der Waals surface area contributed by atoms with Gasteiger partial charge in [0.05, 0.1) is 0 Å². The number of rotatable bonds is 5. The molecule has 2 heteroatoms. The van der Waals surface area contributed by atoms with Crippen LogP contribution >= 0.6 is 0 Å². The molecule has 0 amide bonds. The molecule has 3 fully saturated rings. The van der Waals surface area contributed by atoms with Gasteiger partial charge in [-0.15, -0.1) is 0 Å². The van der Waals surface area contributed by atoms with Crippen LogP contribution in [0, 0.1) is 23.7 Å². The molecular weight excluding hydrogens is 232 g/mol. The maximum atomic E-state index is 3.63. The monoisotopic (exact) mass is 264 g/mol. The van der Waals surface area contributed by atoms with Crippen LogP contribution in [0.25, 0.3) is 0 Å². The quantitative estimate of drug-likeness (QED) is 0.821. The van der Waals surface area contributed by atoms with E-state index < -0.39 is 0 Å². The summed E-state index contributed by atoms with van der Waals surface area (Å²) >= 11 is 0. The number of likely N-dealkylation sites (tertiary alicyclic amines) is 1. The highest BCUT2D eigenvalue weighted by Crippen LogP contribution is 2.48. The van der Waals surface area contributed by atoms with Crippen LogP contribution < -0.4 is 5.32 Å². The van der Waals surface area contributed by atoms with E-state index in [4.69, 9.17) is 0 Å². The molecule has 0 spiro atoms. The van der Waals surface area contributed by atoms with E-state index in [0.29, 0.717) is 6.04 Å². The molecule has 0 radical (unpaired) electrons. The van der Waals surface area contributed by atoms with E-state index in [-0.39, 0.29) is 0 Å². The normalized spacial score (nSPS) is 40.7. The van der Waals surface area contributed by atoms with Crippen molar-refractivity contribution >= 4 is 0 Å². The van der Waals surface area contributed by atoms with E-state index in [2.05, 4.69) is 24.1 Å². The van der Waals surface area contributed by atoms with E-state index >= 15 is 0 Å². The van der Waals surface area contributed by atoms with Crippen molar-refractivity contribution in [3.63, 3.8) is 0 Å². The van der Waals surface area contributed by atoms with E-state index in [1.165, 1.54) is 32.5 Å². The summed E-state index contributed by atoms with van der Waals surface area (Å²) in [4.78, 5) is 2.80. The molecule has 2 aliphatic carbocycles. The van der Waals surface area contributed by atoms with E-state index in [1.807, 2.05) is 0 Å².